The van der Waals surface area contributed by atoms with Crippen molar-refractivity contribution >= 4 is 0 Å². The second kappa shape index (κ2) is 4.07. The van der Waals surface area contributed by atoms with Crippen molar-refractivity contribution in [3.8, 4) is 0 Å². The highest BCUT2D eigenvalue weighted by atomic mass is 15.0. The third-order valence-corrected chi connectivity index (χ3v) is 2.47. The third kappa shape index (κ3) is 2.80. The van der Waals surface area contributed by atoms with E-state index in [1.165, 1.54) is 19.6 Å². The lowest BCUT2D eigenvalue weighted by atomic mass is 9.98. The molecule has 1 aliphatic heterocycles. The summed E-state index contributed by atoms with van der Waals surface area (Å²) in [7, 11) is 0. The van der Waals surface area contributed by atoms with Crippen molar-refractivity contribution in [2.24, 2.45) is 11.8 Å². The van der Waals surface area contributed by atoms with Crippen LogP contribution in [0, 0.1) is 11.8 Å². The Bertz CT molecular complexity index is 112. The summed E-state index contributed by atoms with van der Waals surface area (Å²) < 4.78 is 0. The van der Waals surface area contributed by atoms with Crippen LogP contribution < -0.4 is 10.6 Å². The minimum atomic E-state index is 0.628. The molecule has 2 N–H and O–H groups in total. The van der Waals surface area contributed by atoms with Gasteiger partial charge in [-0.15, -0.1) is 0 Å². The van der Waals surface area contributed by atoms with Gasteiger partial charge in [0.05, 0.1) is 0 Å². The van der Waals surface area contributed by atoms with E-state index in [4.69, 9.17) is 0 Å². The smallest absolute Gasteiger partial charge is 0.00105 e. The van der Waals surface area contributed by atoms with Crippen LogP contribution in [0.5, 0.6) is 0 Å². The molecule has 1 fully saturated rings. The van der Waals surface area contributed by atoms with Crippen molar-refractivity contribution in [3.63, 3.8) is 0 Å². The summed E-state index contributed by atoms with van der Waals surface area (Å²) in [5.74, 6) is 1.69. The SMILES string of the molecule is CC(C)NCC1CNCC1C. The molecule has 2 atom stereocenters. The lowest BCUT2D eigenvalue weighted by Crippen LogP contribution is -2.31. The standard InChI is InChI=1S/C9H20N2/c1-7(2)11-6-9-5-10-4-8(9)3/h7-11H,4-6H2,1-3H3. The van der Waals surface area contributed by atoms with Crippen LogP contribution in [0.2, 0.25) is 0 Å². The van der Waals surface area contributed by atoms with E-state index < -0.39 is 0 Å². The Hall–Kier alpha value is -0.0800. The molecule has 0 radical (unpaired) electrons. The molecule has 2 heteroatoms. The second-order valence-electron chi connectivity index (χ2n) is 3.96. The summed E-state index contributed by atoms with van der Waals surface area (Å²) in [5.41, 5.74) is 0. The average Bonchev–Trinajstić information content (AvgIpc) is 2.31. The van der Waals surface area contributed by atoms with Gasteiger partial charge in [0, 0.05) is 6.04 Å². The van der Waals surface area contributed by atoms with Crippen LogP contribution in [0.4, 0.5) is 0 Å². The van der Waals surface area contributed by atoms with Crippen molar-refractivity contribution in [2.75, 3.05) is 19.6 Å². The number of hydrogen-bond donors (Lipinski definition) is 2. The second-order valence-corrected chi connectivity index (χ2v) is 3.96. The fourth-order valence-corrected chi connectivity index (χ4v) is 1.52. The van der Waals surface area contributed by atoms with Crippen LogP contribution in [0.25, 0.3) is 0 Å². The van der Waals surface area contributed by atoms with Gasteiger partial charge in [0.25, 0.3) is 0 Å². The Morgan fingerprint density at radius 2 is 2.18 bits per heavy atom. The Balaban J connectivity index is 2.15. The predicted molar refractivity (Wildman–Crippen MR) is 48.7 cm³/mol. The largest absolute Gasteiger partial charge is 0.316 e. The van der Waals surface area contributed by atoms with Gasteiger partial charge in [-0.25, -0.2) is 0 Å². The Labute approximate surface area is 69.8 Å². The van der Waals surface area contributed by atoms with E-state index in [1.54, 1.807) is 0 Å². The van der Waals surface area contributed by atoms with Crippen molar-refractivity contribution in [1.82, 2.24) is 10.6 Å². The first kappa shape index (κ1) is 9.01. The van der Waals surface area contributed by atoms with Gasteiger partial charge in [-0.2, -0.15) is 0 Å². The highest BCUT2D eigenvalue weighted by Crippen LogP contribution is 2.14. The predicted octanol–water partition coefficient (Wildman–Crippen LogP) is 0.840. The highest BCUT2D eigenvalue weighted by Gasteiger charge is 2.22. The van der Waals surface area contributed by atoms with Crippen LogP contribution in [0.15, 0.2) is 0 Å². The zero-order valence-electron chi connectivity index (χ0n) is 7.85. The summed E-state index contributed by atoms with van der Waals surface area (Å²) in [5, 5.41) is 6.88. The van der Waals surface area contributed by atoms with E-state index in [0.29, 0.717) is 6.04 Å². The van der Waals surface area contributed by atoms with E-state index in [2.05, 4.69) is 31.4 Å². The minimum absolute atomic E-state index is 0.628. The molecule has 0 bridgehead atoms. The van der Waals surface area contributed by atoms with Crippen LogP contribution in [-0.2, 0) is 0 Å². The average molecular weight is 156 g/mol. The number of nitrogens with one attached hydrogen (secondary N) is 2. The van der Waals surface area contributed by atoms with Gasteiger partial charge in [0.2, 0.25) is 0 Å². The molecule has 0 amide bonds. The molecule has 1 saturated heterocycles. The molecule has 11 heavy (non-hydrogen) atoms. The number of hydrogen-bond acceptors (Lipinski definition) is 2. The topological polar surface area (TPSA) is 24.1 Å². The van der Waals surface area contributed by atoms with Gasteiger partial charge >= 0.3 is 0 Å². The first-order valence-corrected chi connectivity index (χ1v) is 4.64. The van der Waals surface area contributed by atoms with E-state index in [1.807, 2.05) is 0 Å². The molecule has 66 valence electrons. The molecule has 0 aromatic carbocycles. The van der Waals surface area contributed by atoms with Gasteiger partial charge in [-0.1, -0.05) is 20.8 Å². The first-order valence-electron chi connectivity index (χ1n) is 4.64. The summed E-state index contributed by atoms with van der Waals surface area (Å²) >= 11 is 0. The van der Waals surface area contributed by atoms with Crippen LogP contribution in [0.3, 0.4) is 0 Å². The molecule has 1 aliphatic rings. The van der Waals surface area contributed by atoms with Crippen molar-refractivity contribution < 1.29 is 0 Å². The molecule has 0 spiro atoms. The summed E-state index contributed by atoms with van der Waals surface area (Å²) in [6.45, 7) is 10.3. The van der Waals surface area contributed by atoms with Crippen LogP contribution in [-0.4, -0.2) is 25.7 Å². The van der Waals surface area contributed by atoms with E-state index in [-0.39, 0.29) is 0 Å². The van der Waals surface area contributed by atoms with Crippen molar-refractivity contribution in [2.45, 2.75) is 26.8 Å². The molecule has 2 nitrogen and oxygen atoms in total. The van der Waals surface area contributed by atoms with Gasteiger partial charge in [-0.3, -0.25) is 0 Å². The fourth-order valence-electron chi connectivity index (χ4n) is 1.52. The minimum Gasteiger partial charge on any atom is -0.316 e. The molecule has 1 rings (SSSR count). The maximum atomic E-state index is 3.48. The quantitative estimate of drug-likeness (QED) is 0.633. The van der Waals surface area contributed by atoms with Crippen LogP contribution in [0.1, 0.15) is 20.8 Å². The zero-order valence-corrected chi connectivity index (χ0v) is 7.85. The number of rotatable bonds is 3. The monoisotopic (exact) mass is 156 g/mol. The Kier molecular flexibility index (Phi) is 3.34. The molecular formula is C9H20N2. The Morgan fingerprint density at radius 3 is 2.64 bits per heavy atom. The van der Waals surface area contributed by atoms with Gasteiger partial charge in [-0.05, 0) is 31.5 Å². The van der Waals surface area contributed by atoms with Crippen LogP contribution >= 0.6 is 0 Å². The molecule has 0 saturated carbocycles. The molecular weight excluding hydrogens is 136 g/mol. The summed E-state index contributed by atoms with van der Waals surface area (Å²) in [6, 6.07) is 0.628. The highest BCUT2D eigenvalue weighted by molar-refractivity contribution is 4.79. The normalized spacial score (nSPS) is 31.6. The first-order chi connectivity index (χ1) is 5.20. The van der Waals surface area contributed by atoms with E-state index in [0.717, 1.165) is 11.8 Å². The lowest BCUT2D eigenvalue weighted by Gasteiger charge is -2.16. The fraction of sp³-hybridized carbons (Fsp3) is 1.00. The van der Waals surface area contributed by atoms with Gasteiger partial charge in [0.15, 0.2) is 0 Å². The molecule has 0 aromatic heterocycles. The molecule has 0 aromatic rings. The molecule has 2 unspecified atom stereocenters. The van der Waals surface area contributed by atoms with E-state index >= 15 is 0 Å². The Morgan fingerprint density at radius 1 is 1.45 bits per heavy atom. The van der Waals surface area contributed by atoms with Gasteiger partial charge in [0.1, 0.15) is 0 Å². The van der Waals surface area contributed by atoms with Crippen molar-refractivity contribution in [1.29, 1.82) is 0 Å². The lowest BCUT2D eigenvalue weighted by molar-refractivity contribution is 0.403. The maximum absolute atomic E-state index is 3.48. The molecule has 0 aliphatic carbocycles. The molecule has 1 heterocycles. The van der Waals surface area contributed by atoms with Crippen molar-refractivity contribution in [3.05, 3.63) is 0 Å². The van der Waals surface area contributed by atoms with Gasteiger partial charge < -0.3 is 10.6 Å². The zero-order chi connectivity index (χ0) is 8.27. The maximum Gasteiger partial charge on any atom is 0.00105 e. The summed E-state index contributed by atoms with van der Waals surface area (Å²) in [4.78, 5) is 0. The van der Waals surface area contributed by atoms with E-state index in [9.17, 15) is 0 Å². The summed E-state index contributed by atoms with van der Waals surface area (Å²) in [6.07, 6.45) is 0. The third-order valence-electron chi connectivity index (χ3n) is 2.47.